The Morgan fingerprint density at radius 1 is 1.38 bits per heavy atom. The molecule has 1 rings (SSSR count). The van der Waals surface area contributed by atoms with Gasteiger partial charge in [-0.25, -0.2) is 0 Å². The van der Waals surface area contributed by atoms with Gasteiger partial charge in [0.05, 0.1) is 7.11 Å². The maximum absolute atomic E-state index is 11.3. The normalized spacial score (nSPS) is 14.4. The summed E-state index contributed by atoms with van der Waals surface area (Å²) >= 11 is 0. The molecule has 1 aromatic rings. The molecule has 2 atom stereocenters. The summed E-state index contributed by atoms with van der Waals surface area (Å²) in [5.74, 6) is 1.48. The van der Waals surface area contributed by atoms with Crippen molar-refractivity contribution < 1.29 is 8.95 Å². The molecule has 0 spiro atoms. The average molecular weight is 241 g/mol. The van der Waals surface area contributed by atoms with Crippen LogP contribution in [-0.4, -0.2) is 29.9 Å². The van der Waals surface area contributed by atoms with Crippen LogP contribution >= 0.6 is 0 Å². The Morgan fingerprint density at radius 3 is 2.44 bits per heavy atom. The Morgan fingerprint density at radius 2 is 2.00 bits per heavy atom. The molecule has 90 valence electrons. The van der Waals surface area contributed by atoms with Crippen LogP contribution < -0.4 is 10.1 Å². The van der Waals surface area contributed by atoms with E-state index in [1.54, 1.807) is 13.4 Å². The molecule has 16 heavy (non-hydrogen) atoms. The van der Waals surface area contributed by atoms with E-state index in [1.807, 2.05) is 24.3 Å². The van der Waals surface area contributed by atoms with Gasteiger partial charge in [-0.3, -0.25) is 4.21 Å². The zero-order valence-electron chi connectivity index (χ0n) is 10.0. The second-order valence-corrected chi connectivity index (χ2v) is 5.10. The molecule has 0 bridgehead atoms. The molecule has 0 amide bonds. The fourth-order valence-corrected chi connectivity index (χ4v) is 2.37. The first-order chi connectivity index (χ1) is 7.67. The lowest BCUT2D eigenvalue weighted by atomic mass is 10.1. The molecule has 4 heteroatoms. The largest absolute Gasteiger partial charge is 0.497 e. The molecule has 0 aliphatic heterocycles. The first kappa shape index (κ1) is 13.2. The van der Waals surface area contributed by atoms with Crippen molar-refractivity contribution in [2.45, 2.75) is 13.0 Å². The third-order valence-electron chi connectivity index (χ3n) is 2.37. The summed E-state index contributed by atoms with van der Waals surface area (Å²) in [5, 5.41) is 3.33. The van der Waals surface area contributed by atoms with Crippen molar-refractivity contribution >= 4 is 10.8 Å². The van der Waals surface area contributed by atoms with E-state index in [1.165, 1.54) is 0 Å². The fourth-order valence-electron chi connectivity index (χ4n) is 1.59. The number of benzene rings is 1. The summed E-state index contributed by atoms with van der Waals surface area (Å²) in [6, 6.07) is 8.04. The van der Waals surface area contributed by atoms with E-state index in [0.29, 0.717) is 5.75 Å². The van der Waals surface area contributed by atoms with Gasteiger partial charge in [-0.15, -0.1) is 0 Å². The first-order valence-electron chi connectivity index (χ1n) is 5.34. The van der Waals surface area contributed by atoms with E-state index in [-0.39, 0.29) is 6.04 Å². The van der Waals surface area contributed by atoms with Gasteiger partial charge in [0.25, 0.3) is 0 Å². The number of hydrogen-bond donors (Lipinski definition) is 1. The molecule has 0 aliphatic carbocycles. The second kappa shape index (κ2) is 6.66. The third kappa shape index (κ3) is 3.94. The van der Waals surface area contributed by atoms with Gasteiger partial charge < -0.3 is 10.1 Å². The number of rotatable bonds is 6. The molecule has 3 nitrogen and oxygen atoms in total. The molecule has 1 aromatic carbocycles. The van der Waals surface area contributed by atoms with Crippen LogP contribution in [0.4, 0.5) is 0 Å². The van der Waals surface area contributed by atoms with Crippen LogP contribution in [0.5, 0.6) is 5.75 Å². The minimum Gasteiger partial charge on any atom is -0.497 e. The zero-order chi connectivity index (χ0) is 12.0. The number of methoxy groups -OCH3 is 1. The summed E-state index contributed by atoms with van der Waals surface area (Å²) in [4.78, 5) is 0. The SMILES string of the molecule is CCNC(CS(C)=O)c1ccc(OC)cc1. The number of ether oxygens (including phenoxy) is 1. The highest BCUT2D eigenvalue weighted by Gasteiger charge is 2.11. The summed E-state index contributed by atoms with van der Waals surface area (Å²) in [6.45, 7) is 2.92. The van der Waals surface area contributed by atoms with Gasteiger partial charge in [-0.1, -0.05) is 19.1 Å². The molecule has 2 unspecified atom stereocenters. The Labute approximate surface area is 99.7 Å². The van der Waals surface area contributed by atoms with Gasteiger partial charge in [-0.2, -0.15) is 0 Å². The van der Waals surface area contributed by atoms with E-state index in [4.69, 9.17) is 4.74 Å². The maximum atomic E-state index is 11.3. The Balaban J connectivity index is 2.79. The van der Waals surface area contributed by atoms with Crippen molar-refractivity contribution in [3.05, 3.63) is 29.8 Å². The third-order valence-corrected chi connectivity index (χ3v) is 3.17. The van der Waals surface area contributed by atoms with E-state index in [9.17, 15) is 4.21 Å². The molecular formula is C12H19NO2S. The van der Waals surface area contributed by atoms with Crippen molar-refractivity contribution in [3.8, 4) is 5.75 Å². The van der Waals surface area contributed by atoms with Crippen LogP contribution in [0.1, 0.15) is 18.5 Å². The topological polar surface area (TPSA) is 38.3 Å². The van der Waals surface area contributed by atoms with Crippen molar-refractivity contribution in [2.75, 3.05) is 25.7 Å². The van der Waals surface area contributed by atoms with E-state index < -0.39 is 10.8 Å². The predicted octanol–water partition coefficient (Wildman–Crippen LogP) is 1.72. The quantitative estimate of drug-likeness (QED) is 0.824. The molecule has 0 aliphatic rings. The highest BCUT2D eigenvalue weighted by Crippen LogP contribution is 2.18. The van der Waals surface area contributed by atoms with Crippen molar-refractivity contribution in [3.63, 3.8) is 0 Å². The Hall–Kier alpha value is -0.870. The molecule has 1 N–H and O–H groups in total. The summed E-state index contributed by atoms with van der Waals surface area (Å²) < 4.78 is 16.4. The minimum absolute atomic E-state index is 0.154. The standard InChI is InChI=1S/C12H19NO2S/c1-4-13-12(9-16(3)14)10-5-7-11(15-2)8-6-10/h5-8,12-13H,4,9H2,1-3H3. The van der Waals surface area contributed by atoms with Gasteiger partial charge >= 0.3 is 0 Å². The van der Waals surface area contributed by atoms with Gasteiger partial charge in [0.2, 0.25) is 0 Å². The zero-order valence-corrected chi connectivity index (χ0v) is 10.8. The summed E-state index contributed by atoms with van der Waals surface area (Å²) in [7, 11) is 0.852. The molecular weight excluding hydrogens is 222 g/mol. The fraction of sp³-hybridized carbons (Fsp3) is 0.500. The highest BCUT2D eigenvalue weighted by molar-refractivity contribution is 7.84. The maximum Gasteiger partial charge on any atom is 0.118 e. The van der Waals surface area contributed by atoms with Crippen LogP contribution in [-0.2, 0) is 10.8 Å². The minimum atomic E-state index is -0.799. The van der Waals surface area contributed by atoms with Crippen molar-refractivity contribution in [2.24, 2.45) is 0 Å². The summed E-state index contributed by atoms with van der Waals surface area (Å²) in [5.41, 5.74) is 1.15. The molecule has 0 saturated carbocycles. The highest BCUT2D eigenvalue weighted by atomic mass is 32.2. The molecule has 0 saturated heterocycles. The molecule has 0 fully saturated rings. The smallest absolute Gasteiger partial charge is 0.118 e. The predicted molar refractivity (Wildman–Crippen MR) is 68.3 cm³/mol. The van der Waals surface area contributed by atoms with E-state index in [2.05, 4.69) is 12.2 Å². The van der Waals surface area contributed by atoms with Gasteiger partial charge in [0.15, 0.2) is 0 Å². The number of nitrogens with one attached hydrogen (secondary N) is 1. The number of hydrogen-bond acceptors (Lipinski definition) is 3. The lowest BCUT2D eigenvalue weighted by Gasteiger charge is -2.17. The van der Waals surface area contributed by atoms with Crippen molar-refractivity contribution in [1.82, 2.24) is 5.32 Å². The Kier molecular flexibility index (Phi) is 5.49. The van der Waals surface area contributed by atoms with Crippen LogP contribution in [0.2, 0.25) is 0 Å². The van der Waals surface area contributed by atoms with Gasteiger partial charge in [0, 0.05) is 28.9 Å². The van der Waals surface area contributed by atoms with Crippen LogP contribution in [0, 0.1) is 0 Å². The molecule has 0 aromatic heterocycles. The lowest BCUT2D eigenvalue weighted by molar-refractivity contribution is 0.414. The molecule has 0 heterocycles. The van der Waals surface area contributed by atoms with E-state index >= 15 is 0 Å². The first-order valence-corrected chi connectivity index (χ1v) is 7.07. The monoisotopic (exact) mass is 241 g/mol. The van der Waals surface area contributed by atoms with E-state index in [0.717, 1.165) is 17.9 Å². The summed E-state index contributed by atoms with van der Waals surface area (Å²) in [6.07, 6.45) is 1.73. The molecule has 0 radical (unpaired) electrons. The lowest BCUT2D eigenvalue weighted by Crippen LogP contribution is -2.25. The van der Waals surface area contributed by atoms with Gasteiger partial charge in [0.1, 0.15) is 5.75 Å². The van der Waals surface area contributed by atoms with Crippen LogP contribution in [0.25, 0.3) is 0 Å². The van der Waals surface area contributed by atoms with Crippen molar-refractivity contribution in [1.29, 1.82) is 0 Å². The van der Waals surface area contributed by atoms with Gasteiger partial charge in [-0.05, 0) is 24.2 Å². The van der Waals surface area contributed by atoms with Crippen LogP contribution in [0.15, 0.2) is 24.3 Å². The average Bonchev–Trinajstić information content (AvgIpc) is 2.28. The van der Waals surface area contributed by atoms with Crippen LogP contribution in [0.3, 0.4) is 0 Å². The second-order valence-electron chi connectivity index (χ2n) is 3.62. The Bertz CT molecular complexity index is 337.